The third-order valence-electron chi connectivity index (χ3n) is 2.02. The smallest absolute Gasteiger partial charge is 0.352 e. The van der Waals surface area contributed by atoms with Crippen molar-refractivity contribution in [2.75, 3.05) is 19.7 Å². The van der Waals surface area contributed by atoms with Crippen LogP contribution in [0, 0.1) is 0 Å². The summed E-state index contributed by atoms with van der Waals surface area (Å²) in [6.07, 6.45) is 1.04. The molecule has 0 radical (unpaired) electrons. The van der Waals surface area contributed by atoms with Crippen molar-refractivity contribution in [2.24, 2.45) is 0 Å². The highest BCUT2D eigenvalue weighted by atomic mass is 16.4. The number of likely N-dealkylation sites (tertiary alicyclic amines) is 1. The molecule has 0 saturated carbocycles. The predicted molar refractivity (Wildman–Crippen MR) is 43.6 cm³/mol. The van der Waals surface area contributed by atoms with E-state index in [2.05, 4.69) is 0 Å². The van der Waals surface area contributed by atoms with E-state index in [4.69, 9.17) is 10.2 Å². The molecule has 0 aromatic heterocycles. The van der Waals surface area contributed by atoms with Gasteiger partial charge in [0.15, 0.2) is 0 Å². The first-order valence-electron chi connectivity index (χ1n) is 3.95. The van der Waals surface area contributed by atoms with E-state index in [0.717, 1.165) is 19.5 Å². The van der Waals surface area contributed by atoms with Crippen molar-refractivity contribution in [1.29, 1.82) is 0 Å². The second-order valence-electron chi connectivity index (χ2n) is 2.93. The van der Waals surface area contributed by atoms with Crippen LogP contribution in [0.2, 0.25) is 0 Å². The van der Waals surface area contributed by atoms with E-state index in [1.165, 1.54) is 0 Å². The Bertz CT molecular complexity index is 218. The molecule has 1 aliphatic rings. The van der Waals surface area contributed by atoms with Crippen LogP contribution < -0.4 is 0 Å². The second-order valence-corrected chi connectivity index (χ2v) is 2.93. The normalized spacial score (nSPS) is 18.3. The Balaban J connectivity index is 2.79. The molecular formula is C8H13NO3. The topological polar surface area (TPSA) is 60.8 Å². The lowest BCUT2D eigenvalue weighted by molar-refractivity contribution is -0.135. The molecule has 0 amide bonds. The van der Waals surface area contributed by atoms with Crippen LogP contribution in [0.25, 0.3) is 0 Å². The van der Waals surface area contributed by atoms with Gasteiger partial charge < -0.3 is 15.1 Å². The lowest BCUT2D eigenvalue weighted by Crippen LogP contribution is -2.39. The van der Waals surface area contributed by atoms with Gasteiger partial charge in [0.25, 0.3) is 0 Å². The molecule has 0 spiro atoms. The Kier molecular flexibility index (Phi) is 2.70. The summed E-state index contributed by atoms with van der Waals surface area (Å²) in [4.78, 5) is 12.5. The van der Waals surface area contributed by atoms with E-state index in [1.807, 2.05) is 0 Å². The molecule has 0 bridgehead atoms. The first-order chi connectivity index (χ1) is 5.66. The molecule has 0 unspecified atom stereocenters. The summed E-state index contributed by atoms with van der Waals surface area (Å²) in [7, 11) is 0. The van der Waals surface area contributed by atoms with Gasteiger partial charge in [-0.3, -0.25) is 0 Å². The van der Waals surface area contributed by atoms with Crippen LogP contribution in [-0.4, -0.2) is 40.8 Å². The molecule has 1 saturated heterocycles. The summed E-state index contributed by atoms with van der Waals surface area (Å²) in [5, 5.41) is 17.6. The van der Waals surface area contributed by atoms with Crippen LogP contribution in [0.1, 0.15) is 13.3 Å². The van der Waals surface area contributed by atoms with E-state index < -0.39 is 5.97 Å². The van der Waals surface area contributed by atoms with E-state index in [-0.39, 0.29) is 12.3 Å². The molecule has 0 aliphatic carbocycles. The minimum atomic E-state index is -0.943. The highest BCUT2D eigenvalue weighted by molar-refractivity contribution is 5.87. The van der Waals surface area contributed by atoms with Gasteiger partial charge in [-0.1, -0.05) is 0 Å². The highest BCUT2D eigenvalue weighted by Gasteiger charge is 2.23. The number of hydrogen-bond acceptors (Lipinski definition) is 3. The third-order valence-corrected chi connectivity index (χ3v) is 2.02. The molecular weight excluding hydrogens is 158 g/mol. The second kappa shape index (κ2) is 3.58. The van der Waals surface area contributed by atoms with Crippen molar-refractivity contribution in [1.82, 2.24) is 4.90 Å². The maximum absolute atomic E-state index is 10.7. The van der Waals surface area contributed by atoms with E-state index in [9.17, 15) is 4.79 Å². The van der Waals surface area contributed by atoms with Gasteiger partial charge in [0.05, 0.1) is 6.61 Å². The number of carboxylic acids is 1. The summed E-state index contributed by atoms with van der Waals surface area (Å²) < 4.78 is 0. The average Bonchev–Trinajstić information content (AvgIpc) is 1.94. The Labute approximate surface area is 71.1 Å². The molecule has 4 nitrogen and oxygen atoms in total. The monoisotopic (exact) mass is 171 g/mol. The van der Waals surface area contributed by atoms with Gasteiger partial charge in [0.2, 0.25) is 0 Å². The molecule has 1 aliphatic heterocycles. The molecule has 0 aromatic rings. The van der Waals surface area contributed by atoms with Gasteiger partial charge in [-0.25, -0.2) is 4.79 Å². The maximum atomic E-state index is 10.7. The van der Waals surface area contributed by atoms with Crippen molar-refractivity contribution >= 4 is 5.97 Å². The molecule has 4 heteroatoms. The fraction of sp³-hybridized carbons (Fsp3) is 0.625. The van der Waals surface area contributed by atoms with Crippen LogP contribution in [0.15, 0.2) is 11.3 Å². The number of carbonyl (C=O) groups is 1. The minimum absolute atomic E-state index is 0.182. The fourth-order valence-corrected chi connectivity index (χ4v) is 1.20. The van der Waals surface area contributed by atoms with E-state index in [0.29, 0.717) is 5.57 Å². The maximum Gasteiger partial charge on any atom is 0.352 e. The van der Waals surface area contributed by atoms with Crippen molar-refractivity contribution in [3.8, 4) is 0 Å². The summed E-state index contributed by atoms with van der Waals surface area (Å²) in [6, 6.07) is 0. The Morgan fingerprint density at radius 1 is 1.50 bits per heavy atom. The van der Waals surface area contributed by atoms with Crippen LogP contribution in [0.4, 0.5) is 0 Å². The zero-order chi connectivity index (χ0) is 9.14. The number of aliphatic hydroxyl groups is 1. The number of nitrogens with zero attached hydrogens (tertiary/aromatic N) is 1. The van der Waals surface area contributed by atoms with Crippen LogP contribution in [-0.2, 0) is 4.79 Å². The number of aliphatic carboxylic acids is 1. The van der Waals surface area contributed by atoms with Crippen molar-refractivity contribution < 1.29 is 15.0 Å². The third kappa shape index (κ3) is 1.58. The van der Waals surface area contributed by atoms with Gasteiger partial charge in [0.1, 0.15) is 5.70 Å². The molecule has 1 fully saturated rings. The Hall–Kier alpha value is -1.03. The van der Waals surface area contributed by atoms with Gasteiger partial charge in [-0.2, -0.15) is 0 Å². The zero-order valence-corrected chi connectivity index (χ0v) is 7.08. The van der Waals surface area contributed by atoms with Gasteiger partial charge >= 0.3 is 5.97 Å². The lowest BCUT2D eigenvalue weighted by Gasteiger charge is -2.34. The molecule has 2 N–H and O–H groups in total. The zero-order valence-electron chi connectivity index (χ0n) is 7.08. The molecule has 68 valence electrons. The quantitative estimate of drug-likeness (QED) is 0.589. The Morgan fingerprint density at radius 2 is 2.08 bits per heavy atom. The Morgan fingerprint density at radius 3 is 2.33 bits per heavy atom. The van der Waals surface area contributed by atoms with Gasteiger partial charge in [-0.05, 0) is 18.9 Å². The largest absolute Gasteiger partial charge is 0.477 e. The average molecular weight is 171 g/mol. The minimum Gasteiger partial charge on any atom is -0.477 e. The summed E-state index contributed by atoms with van der Waals surface area (Å²) in [5.41, 5.74) is 0.797. The van der Waals surface area contributed by atoms with Crippen LogP contribution >= 0.6 is 0 Å². The first-order valence-corrected chi connectivity index (χ1v) is 3.95. The molecule has 12 heavy (non-hydrogen) atoms. The number of aliphatic hydroxyl groups excluding tert-OH is 1. The van der Waals surface area contributed by atoms with Crippen molar-refractivity contribution in [3.63, 3.8) is 0 Å². The number of carboxylic acid groups (broad SMARTS) is 1. The standard InChI is InChI=1S/C8H13NO3/c1-6(5-10)7(8(11)12)9-3-2-4-9/h10H,2-5H2,1H3,(H,11,12). The summed E-state index contributed by atoms with van der Waals surface area (Å²) in [6.45, 7) is 3.04. The van der Waals surface area contributed by atoms with Gasteiger partial charge in [0, 0.05) is 13.1 Å². The van der Waals surface area contributed by atoms with Crippen LogP contribution in [0.3, 0.4) is 0 Å². The SMILES string of the molecule is CC(CO)=C(C(=O)O)N1CCC1. The van der Waals surface area contributed by atoms with Gasteiger partial charge in [-0.15, -0.1) is 0 Å². The molecule has 1 rings (SSSR count). The van der Waals surface area contributed by atoms with Crippen molar-refractivity contribution in [3.05, 3.63) is 11.3 Å². The molecule has 0 atom stereocenters. The van der Waals surface area contributed by atoms with E-state index in [1.54, 1.807) is 11.8 Å². The predicted octanol–water partition coefficient (Wildman–Crippen LogP) is 0.0430. The fourth-order valence-electron chi connectivity index (χ4n) is 1.20. The molecule has 1 heterocycles. The number of hydrogen-bond donors (Lipinski definition) is 2. The highest BCUT2D eigenvalue weighted by Crippen LogP contribution is 2.17. The summed E-state index contributed by atoms with van der Waals surface area (Å²) >= 11 is 0. The first kappa shape index (κ1) is 9.06. The van der Waals surface area contributed by atoms with Crippen LogP contribution in [0.5, 0.6) is 0 Å². The lowest BCUT2D eigenvalue weighted by atomic mass is 10.1. The summed E-state index contributed by atoms with van der Waals surface area (Å²) in [5.74, 6) is -0.943. The molecule has 0 aromatic carbocycles. The van der Waals surface area contributed by atoms with E-state index >= 15 is 0 Å². The number of rotatable bonds is 3. The van der Waals surface area contributed by atoms with Crippen molar-refractivity contribution in [2.45, 2.75) is 13.3 Å².